The maximum Gasteiger partial charge on any atom is 0.259 e. The van der Waals surface area contributed by atoms with Gasteiger partial charge in [0.15, 0.2) is 0 Å². The molecule has 4 heterocycles. The first kappa shape index (κ1) is 22.9. The highest BCUT2D eigenvalue weighted by molar-refractivity contribution is 7.89. The fraction of sp³-hybridized carbons (Fsp3) is 0.409. The van der Waals surface area contributed by atoms with E-state index >= 15 is 0 Å². The van der Waals surface area contributed by atoms with E-state index in [1.807, 2.05) is 35.6 Å². The number of hydrogen-bond donors (Lipinski definition) is 1. The van der Waals surface area contributed by atoms with Crippen LogP contribution in [0.25, 0.3) is 21.2 Å². The lowest BCUT2D eigenvalue weighted by molar-refractivity contribution is -0.114. The van der Waals surface area contributed by atoms with Crippen LogP contribution >= 0.6 is 11.3 Å². The molecular weight excluding hydrogens is 446 g/mol. The fourth-order valence-corrected chi connectivity index (χ4v) is 6.08. The number of carbonyl (C=O) groups is 1. The maximum absolute atomic E-state index is 12.8. The quantitative estimate of drug-likeness (QED) is 0.553. The van der Waals surface area contributed by atoms with Crippen LogP contribution in [0.1, 0.15) is 18.7 Å². The van der Waals surface area contributed by atoms with Gasteiger partial charge in [0.2, 0.25) is 5.91 Å². The summed E-state index contributed by atoms with van der Waals surface area (Å²) in [6.07, 6.45) is 3.50. The van der Waals surface area contributed by atoms with Crippen molar-refractivity contribution in [3.63, 3.8) is 0 Å². The number of nitrogens with one attached hydrogen (secondary N) is 1. The summed E-state index contributed by atoms with van der Waals surface area (Å²) >= 11 is 0.741. The first-order valence-electron chi connectivity index (χ1n) is 10.6. The third-order valence-corrected chi connectivity index (χ3v) is 8.11. The second-order valence-electron chi connectivity index (χ2n) is 7.84. The van der Waals surface area contributed by atoms with Crippen LogP contribution in [-0.2, 0) is 29.7 Å². The Labute approximate surface area is 194 Å². The average Bonchev–Trinajstić information content (AvgIpc) is 3.20. The van der Waals surface area contributed by atoms with Crippen LogP contribution in [0.5, 0.6) is 0 Å². The van der Waals surface area contributed by atoms with E-state index in [1.165, 1.54) is 6.92 Å². The zero-order valence-electron chi connectivity index (χ0n) is 18.5. The van der Waals surface area contributed by atoms with Crippen LogP contribution < -0.4 is 10.9 Å². The molecule has 0 saturated carbocycles. The van der Waals surface area contributed by atoms with Crippen LogP contribution in [-0.4, -0.2) is 61.1 Å². The van der Waals surface area contributed by atoms with Gasteiger partial charge in [0.1, 0.15) is 11.6 Å². The molecule has 170 valence electrons. The number of anilines is 1. The summed E-state index contributed by atoms with van der Waals surface area (Å²) in [6.45, 7) is 7.46. The number of nitrogens with zero attached hydrogens (tertiary/aromatic N) is 4. The van der Waals surface area contributed by atoms with Crippen LogP contribution in [0.3, 0.4) is 0 Å². The Morgan fingerprint density at radius 2 is 2.03 bits per heavy atom. The van der Waals surface area contributed by atoms with Crippen LogP contribution in [0.4, 0.5) is 5.82 Å². The Morgan fingerprint density at radius 3 is 2.72 bits per heavy atom. The van der Waals surface area contributed by atoms with Gasteiger partial charge in [0.05, 0.1) is 18.5 Å². The minimum absolute atomic E-state index is 0.0226. The topological polar surface area (TPSA) is 93.5 Å². The Balaban J connectivity index is 1.62. The minimum Gasteiger partial charge on any atom is -0.598 e. The van der Waals surface area contributed by atoms with Crippen molar-refractivity contribution >= 4 is 44.5 Å². The van der Waals surface area contributed by atoms with Crippen molar-refractivity contribution in [2.75, 3.05) is 37.2 Å². The number of thiophene rings is 1. The van der Waals surface area contributed by atoms with E-state index in [4.69, 9.17) is 0 Å². The molecule has 3 aromatic rings. The standard InChI is InChI=1S/C22H27N5O3S2/c1-4-32(30)27-9-7-26(8-10-27)13-17-12-18-21(31-17)19(14-25(3)22(18)29)16-5-6-23-20(11-16)24-15(2)28/h5-6,11-12,14H,4,7-10,13H2,1-3H3,(H,23,24,28). The van der Waals surface area contributed by atoms with E-state index < -0.39 is 11.4 Å². The molecule has 3 aromatic heterocycles. The summed E-state index contributed by atoms with van der Waals surface area (Å²) in [4.78, 5) is 31.9. The maximum atomic E-state index is 12.8. The van der Waals surface area contributed by atoms with Crippen LogP contribution in [0.2, 0.25) is 0 Å². The molecule has 1 aliphatic heterocycles. The molecule has 1 fully saturated rings. The number of carbonyl (C=O) groups excluding carboxylic acids is 1. The lowest BCUT2D eigenvalue weighted by atomic mass is 10.1. The zero-order chi connectivity index (χ0) is 22.8. The third kappa shape index (κ3) is 4.89. The molecule has 1 amide bonds. The Hall–Kier alpha value is -2.24. The van der Waals surface area contributed by atoms with Gasteiger partial charge in [0.25, 0.3) is 5.56 Å². The summed E-state index contributed by atoms with van der Waals surface area (Å²) < 4.78 is 16.6. The van der Waals surface area contributed by atoms with E-state index in [9.17, 15) is 14.1 Å². The van der Waals surface area contributed by atoms with Gasteiger partial charge >= 0.3 is 0 Å². The molecule has 0 bridgehead atoms. The van der Waals surface area contributed by atoms with Crippen molar-refractivity contribution in [2.45, 2.75) is 20.4 Å². The summed E-state index contributed by atoms with van der Waals surface area (Å²) in [5.41, 5.74) is 1.81. The zero-order valence-corrected chi connectivity index (χ0v) is 20.1. The van der Waals surface area contributed by atoms with Gasteiger partial charge in [-0.25, -0.2) is 4.98 Å². The summed E-state index contributed by atoms with van der Waals surface area (Å²) in [5.74, 6) is 0.957. The number of rotatable bonds is 6. The summed E-state index contributed by atoms with van der Waals surface area (Å²) in [6, 6.07) is 5.71. The minimum atomic E-state index is -0.889. The van der Waals surface area contributed by atoms with Crippen molar-refractivity contribution < 1.29 is 9.35 Å². The Morgan fingerprint density at radius 1 is 1.28 bits per heavy atom. The molecule has 1 saturated heterocycles. The smallest absolute Gasteiger partial charge is 0.259 e. The van der Waals surface area contributed by atoms with Crippen molar-refractivity contribution in [1.29, 1.82) is 0 Å². The van der Waals surface area contributed by atoms with Gasteiger partial charge in [-0.15, -0.1) is 15.6 Å². The normalized spacial score (nSPS) is 16.4. The van der Waals surface area contributed by atoms with E-state index in [1.54, 1.807) is 29.1 Å². The number of piperazine rings is 1. The summed E-state index contributed by atoms with van der Waals surface area (Å²) in [5, 5.41) is 3.42. The van der Waals surface area contributed by atoms with Gasteiger partial charge in [0, 0.05) is 72.5 Å². The summed E-state index contributed by atoms with van der Waals surface area (Å²) in [7, 11) is 1.76. The largest absolute Gasteiger partial charge is 0.598 e. The second-order valence-corrected chi connectivity index (χ2v) is 10.7. The van der Waals surface area contributed by atoms with Gasteiger partial charge in [-0.1, -0.05) is 0 Å². The molecule has 1 atom stereocenters. The lowest BCUT2D eigenvalue weighted by Crippen LogP contribution is -2.48. The third-order valence-electron chi connectivity index (χ3n) is 5.52. The number of fused-ring (bicyclic) bond motifs is 1. The molecule has 0 aliphatic carbocycles. The van der Waals surface area contributed by atoms with E-state index in [-0.39, 0.29) is 11.5 Å². The highest BCUT2D eigenvalue weighted by Crippen LogP contribution is 2.34. The number of hydrogen-bond acceptors (Lipinski definition) is 7. The molecule has 0 spiro atoms. The monoisotopic (exact) mass is 473 g/mol. The fourth-order valence-electron chi connectivity index (χ4n) is 3.93. The highest BCUT2D eigenvalue weighted by atomic mass is 32.2. The first-order chi connectivity index (χ1) is 15.4. The van der Waals surface area contributed by atoms with Gasteiger partial charge in [-0.05, 0) is 30.7 Å². The lowest BCUT2D eigenvalue weighted by Gasteiger charge is -2.33. The molecule has 4 rings (SSSR count). The van der Waals surface area contributed by atoms with Gasteiger partial charge < -0.3 is 14.4 Å². The molecule has 10 heteroatoms. The molecule has 1 unspecified atom stereocenters. The number of pyridine rings is 2. The van der Waals surface area contributed by atoms with Crippen molar-refractivity contribution in [1.82, 2.24) is 18.8 Å². The first-order valence-corrected chi connectivity index (χ1v) is 12.7. The van der Waals surface area contributed by atoms with Crippen molar-refractivity contribution in [3.8, 4) is 11.1 Å². The second kappa shape index (κ2) is 9.72. The molecule has 32 heavy (non-hydrogen) atoms. The molecule has 8 nitrogen and oxygen atoms in total. The molecular formula is C22H27N5O3S2. The predicted molar refractivity (Wildman–Crippen MR) is 130 cm³/mol. The van der Waals surface area contributed by atoms with Gasteiger partial charge in [-0.3, -0.25) is 14.5 Å². The molecule has 0 aromatic carbocycles. The van der Waals surface area contributed by atoms with Gasteiger partial charge in [-0.2, -0.15) is 0 Å². The molecule has 1 aliphatic rings. The van der Waals surface area contributed by atoms with Crippen LogP contribution in [0, 0.1) is 0 Å². The van der Waals surface area contributed by atoms with Crippen molar-refractivity contribution in [2.24, 2.45) is 7.05 Å². The SMILES string of the molecule is CC[S+]([O-])N1CCN(Cc2cc3c(=O)n(C)cc(-c4ccnc(NC(C)=O)c4)c3s2)CC1. The number of amides is 1. The average molecular weight is 474 g/mol. The molecule has 0 radical (unpaired) electrons. The van der Waals surface area contributed by atoms with E-state index in [0.29, 0.717) is 17.0 Å². The van der Waals surface area contributed by atoms with E-state index in [0.717, 1.165) is 53.4 Å². The number of aryl methyl sites for hydroxylation is 1. The highest BCUT2D eigenvalue weighted by Gasteiger charge is 2.25. The Bertz CT molecular complexity index is 1180. The van der Waals surface area contributed by atoms with E-state index in [2.05, 4.69) is 15.2 Å². The number of aromatic nitrogens is 2. The molecule has 1 N–H and O–H groups in total. The Kier molecular flexibility index (Phi) is 6.96. The van der Waals surface area contributed by atoms with Crippen molar-refractivity contribution in [3.05, 3.63) is 45.8 Å². The predicted octanol–water partition coefficient (Wildman–Crippen LogP) is 2.42. The van der Waals surface area contributed by atoms with Crippen LogP contribution in [0.15, 0.2) is 35.4 Å².